The van der Waals surface area contributed by atoms with Gasteiger partial charge in [-0.3, -0.25) is 0 Å². The summed E-state index contributed by atoms with van der Waals surface area (Å²) in [6, 6.07) is 4.67. The van der Waals surface area contributed by atoms with E-state index in [1.54, 1.807) is 6.07 Å². The zero-order valence-electron chi connectivity index (χ0n) is 12.4. The van der Waals surface area contributed by atoms with Crippen LogP contribution in [0.2, 0.25) is 5.02 Å². The molecule has 1 aromatic rings. The van der Waals surface area contributed by atoms with Crippen molar-refractivity contribution in [2.75, 3.05) is 13.1 Å². The molecule has 0 fully saturated rings. The third kappa shape index (κ3) is 6.40. The zero-order chi connectivity index (χ0) is 14.5. The lowest BCUT2D eigenvalue weighted by Gasteiger charge is -2.25. The summed E-state index contributed by atoms with van der Waals surface area (Å²) < 4.78 is 13.0. The van der Waals surface area contributed by atoms with Crippen molar-refractivity contribution in [3.05, 3.63) is 34.6 Å². The molecule has 0 amide bonds. The Labute approximate surface area is 121 Å². The fraction of sp³-hybridized carbons (Fsp3) is 0.625. The van der Waals surface area contributed by atoms with Crippen LogP contribution in [0.3, 0.4) is 0 Å². The Morgan fingerprint density at radius 3 is 2.58 bits per heavy atom. The van der Waals surface area contributed by atoms with Crippen LogP contribution >= 0.6 is 11.6 Å². The molecule has 1 aromatic carbocycles. The first-order valence-corrected chi connectivity index (χ1v) is 7.32. The summed E-state index contributed by atoms with van der Waals surface area (Å²) in [6.45, 7) is 10.9. The maximum absolute atomic E-state index is 13.0. The van der Waals surface area contributed by atoms with Gasteiger partial charge in [0.2, 0.25) is 0 Å². The van der Waals surface area contributed by atoms with Gasteiger partial charge in [-0.25, -0.2) is 4.39 Å². The van der Waals surface area contributed by atoms with Crippen molar-refractivity contribution in [1.82, 2.24) is 5.32 Å². The van der Waals surface area contributed by atoms with Crippen molar-refractivity contribution >= 4 is 11.6 Å². The zero-order valence-corrected chi connectivity index (χ0v) is 13.1. The predicted octanol–water partition coefficient (Wildman–Crippen LogP) is 4.68. The number of hydrogen-bond acceptors (Lipinski definition) is 1. The van der Waals surface area contributed by atoms with Crippen molar-refractivity contribution < 1.29 is 4.39 Å². The number of nitrogens with one attached hydrogen (secondary N) is 1. The summed E-state index contributed by atoms with van der Waals surface area (Å²) in [4.78, 5) is 0. The molecular formula is C16H25ClFN. The molecule has 0 unspecified atom stereocenters. The van der Waals surface area contributed by atoms with E-state index in [0.717, 1.165) is 31.5 Å². The van der Waals surface area contributed by atoms with Crippen LogP contribution in [0, 0.1) is 17.2 Å². The van der Waals surface area contributed by atoms with Gasteiger partial charge in [0.1, 0.15) is 5.82 Å². The summed E-state index contributed by atoms with van der Waals surface area (Å²) in [6.07, 6.45) is 1.95. The van der Waals surface area contributed by atoms with Crippen LogP contribution in [0.25, 0.3) is 0 Å². The van der Waals surface area contributed by atoms with E-state index in [1.165, 1.54) is 12.1 Å². The normalized spacial score (nSPS) is 12.2. The highest BCUT2D eigenvalue weighted by Gasteiger charge is 2.19. The first-order valence-electron chi connectivity index (χ1n) is 6.95. The molecule has 1 nitrogen and oxygen atoms in total. The summed E-state index contributed by atoms with van der Waals surface area (Å²) in [5.74, 6) is 0.403. The second-order valence-electron chi connectivity index (χ2n) is 6.42. The maximum Gasteiger partial charge on any atom is 0.124 e. The first-order chi connectivity index (χ1) is 8.80. The second kappa shape index (κ2) is 7.25. The molecule has 3 heteroatoms. The summed E-state index contributed by atoms with van der Waals surface area (Å²) in [5, 5.41) is 3.99. The lowest BCUT2D eigenvalue weighted by molar-refractivity contribution is 0.322. The average Bonchev–Trinajstić information content (AvgIpc) is 2.28. The van der Waals surface area contributed by atoms with Gasteiger partial charge in [0.15, 0.2) is 0 Å². The smallest absolute Gasteiger partial charge is 0.124 e. The number of rotatable bonds is 7. The van der Waals surface area contributed by atoms with Crippen LogP contribution in [0.4, 0.5) is 4.39 Å². The van der Waals surface area contributed by atoms with Gasteiger partial charge in [-0.2, -0.15) is 0 Å². The van der Waals surface area contributed by atoms with Crippen LogP contribution < -0.4 is 5.32 Å². The van der Waals surface area contributed by atoms with Crippen LogP contribution in [-0.4, -0.2) is 13.1 Å². The molecule has 0 aliphatic carbocycles. The first kappa shape index (κ1) is 16.5. The van der Waals surface area contributed by atoms with E-state index < -0.39 is 0 Å². The fourth-order valence-corrected chi connectivity index (χ4v) is 2.32. The minimum atomic E-state index is -0.273. The van der Waals surface area contributed by atoms with Crippen molar-refractivity contribution in [1.29, 1.82) is 0 Å². The van der Waals surface area contributed by atoms with E-state index in [9.17, 15) is 4.39 Å². The molecule has 1 N–H and O–H groups in total. The molecule has 1 rings (SSSR count). The minimum absolute atomic E-state index is 0.158. The molecule has 0 radical (unpaired) electrons. The molecule has 19 heavy (non-hydrogen) atoms. The molecule has 0 atom stereocenters. The summed E-state index contributed by atoms with van der Waals surface area (Å²) in [5.41, 5.74) is 1.18. The van der Waals surface area contributed by atoms with E-state index in [2.05, 4.69) is 33.0 Å². The highest BCUT2D eigenvalue weighted by atomic mass is 35.5. The Balaban J connectivity index is 2.49. The van der Waals surface area contributed by atoms with Crippen LogP contribution in [-0.2, 0) is 6.42 Å². The highest BCUT2D eigenvalue weighted by Crippen LogP contribution is 2.29. The minimum Gasteiger partial charge on any atom is -0.316 e. The Bertz CT molecular complexity index is 402. The molecule has 0 heterocycles. The van der Waals surface area contributed by atoms with E-state index in [-0.39, 0.29) is 11.2 Å². The Kier molecular flexibility index (Phi) is 6.28. The quantitative estimate of drug-likeness (QED) is 0.717. The largest absolute Gasteiger partial charge is 0.316 e. The van der Waals surface area contributed by atoms with Crippen molar-refractivity contribution in [2.24, 2.45) is 11.3 Å². The van der Waals surface area contributed by atoms with E-state index in [4.69, 9.17) is 11.6 Å². The van der Waals surface area contributed by atoms with Crippen molar-refractivity contribution in [2.45, 2.75) is 40.5 Å². The van der Waals surface area contributed by atoms with E-state index >= 15 is 0 Å². The molecule has 0 bridgehead atoms. The standard InChI is InChI=1S/C16H25ClFN/c1-12(2)11-19-8-7-16(3,4)10-13-5-6-14(18)9-15(13)17/h5-6,9,12,19H,7-8,10-11H2,1-4H3. The van der Waals surface area contributed by atoms with Crippen LogP contribution in [0.1, 0.15) is 39.7 Å². The van der Waals surface area contributed by atoms with Crippen molar-refractivity contribution in [3.63, 3.8) is 0 Å². The molecule has 0 saturated carbocycles. The third-order valence-corrected chi connectivity index (χ3v) is 3.57. The Morgan fingerprint density at radius 1 is 1.32 bits per heavy atom. The molecule has 0 spiro atoms. The molecule has 0 saturated heterocycles. The number of benzene rings is 1. The van der Waals surface area contributed by atoms with Gasteiger partial charge < -0.3 is 5.32 Å². The fourth-order valence-electron chi connectivity index (χ4n) is 2.09. The Morgan fingerprint density at radius 2 is 2.00 bits per heavy atom. The lowest BCUT2D eigenvalue weighted by atomic mass is 9.82. The van der Waals surface area contributed by atoms with Gasteiger partial charge >= 0.3 is 0 Å². The molecule has 0 aliphatic rings. The second-order valence-corrected chi connectivity index (χ2v) is 6.83. The maximum atomic E-state index is 13.0. The number of halogens is 2. The highest BCUT2D eigenvalue weighted by molar-refractivity contribution is 6.31. The van der Waals surface area contributed by atoms with Gasteiger partial charge in [-0.15, -0.1) is 0 Å². The average molecular weight is 286 g/mol. The summed E-state index contributed by atoms with van der Waals surface area (Å²) >= 11 is 6.08. The van der Waals surface area contributed by atoms with Crippen LogP contribution in [0.5, 0.6) is 0 Å². The molecular weight excluding hydrogens is 261 g/mol. The molecule has 0 aliphatic heterocycles. The number of hydrogen-bond donors (Lipinski definition) is 1. The topological polar surface area (TPSA) is 12.0 Å². The van der Waals surface area contributed by atoms with E-state index in [0.29, 0.717) is 10.9 Å². The van der Waals surface area contributed by atoms with Gasteiger partial charge in [0.25, 0.3) is 0 Å². The SMILES string of the molecule is CC(C)CNCCC(C)(C)Cc1ccc(F)cc1Cl. The van der Waals surface area contributed by atoms with Gasteiger partial charge in [-0.05, 0) is 55.0 Å². The van der Waals surface area contributed by atoms with Gasteiger partial charge in [-0.1, -0.05) is 45.4 Å². The van der Waals surface area contributed by atoms with Crippen molar-refractivity contribution in [3.8, 4) is 0 Å². The third-order valence-electron chi connectivity index (χ3n) is 3.22. The van der Waals surface area contributed by atoms with Gasteiger partial charge in [0.05, 0.1) is 0 Å². The predicted molar refractivity (Wildman–Crippen MR) is 81.2 cm³/mol. The van der Waals surface area contributed by atoms with Crippen LogP contribution in [0.15, 0.2) is 18.2 Å². The summed E-state index contributed by atoms with van der Waals surface area (Å²) in [7, 11) is 0. The van der Waals surface area contributed by atoms with Gasteiger partial charge in [0, 0.05) is 5.02 Å². The molecule has 0 aromatic heterocycles. The molecule has 108 valence electrons. The lowest BCUT2D eigenvalue weighted by Crippen LogP contribution is -2.26. The monoisotopic (exact) mass is 285 g/mol. The van der Waals surface area contributed by atoms with E-state index in [1.807, 2.05) is 0 Å². The Hall–Kier alpha value is -0.600.